The van der Waals surface area contributed by atoms with Crippen molar-refractivity contribution in [3.8, 4) is 0 Å². The van der Waals surface area contributed by atoms with Crippen LogP contribution in [0, 0.1) is 13.8 Å². The average Bonchev–Trinajstić information content (AvgIpc) is 2.16. The molecule has 0 amide bonds. The zero-order valence-corrected chi connectivity index (χ0v) is 9.46. The third-order valence-corrected chi connectivity index (χ3v) is 2.78. The molecular weight excluding hydrogens is 184 g/mol. The molecule has 0 unspecified atom stereocenters. The monoisotopic (exact) mass is 200 g/mol. The standard InChI is InChI=1S/C13H16N2/c1-4-10-7-11-9(3)5-8(2)6-12(11)15-13(10)14/h5-7H,4H2,1-3H3,(H2,14,15). The summed E-state index contributed by atoms with van der Waals surface area (Å²) in [5.41, 5.74) is 10.5. The van der Waals surface area contributed by atoms with Gasteiger partial charge in [-0.15, -0.1) is 0 Å². The summed E-state index contributed by atoms with van der Waals surface area (Å²) in [6.07, 6.45) is 0.933. The number of nitrogens with two attached hydrogens (primary N) is 1. The molecule has 1 heterocycles. The van der Waals surface area contributed by atoms with E-state index in [1.54, 1.807) is 0 Å². The van der Waals surface area contributed by atoms with Crippen LogP contribution in [0.25, 0.3) is 10.9 Å². The summed E-state index contributed by atoms with van der Waals surface area (Å²) in [4.78, 5) is 4.45. The molecule has 1 aromatic carbocycles. The van der Waals surface area contributed by atoms with Gasteiger partial charge in [-0.25, -0.2) is 4.98 Å². The molecule has 2 rings (SSSR count). The van der Waals surface area contributed by atoms with Crippen molar-refractivity contribution < 1.29 is 0 Å². The quantitative estimate of drug-likeness (QED) is 0.768. The fourth-order valence-electron chi connectivity index (χ4n) is 1.97. The molecule has 2 N–H and O–H groups in total. The number of hydrogen-bond donors (Lipinski definition) is 1. The van der Waals surface area contributed by atoms with Crippen LogP contribution >= 0.6 is 0 Å². The normalized spacial score (nSPS) is 10.9. The summed E-state index contributed by atoms with van der Waals surface area (Å²) in [7, 11) is 0. The molecule has 0 saturated carbocycles. The molecule has 0 aliphatic heterocycles. The minimum atomic E-state index is 0.662. The van der Waals surface area contributed by atoms with Crippen molar-refractivity contribution in [3.63, 3.8) is 0 Å². The summed E-state index contributed by atoms with van der Waals surface area (Å²) < 4.78 is 0. The van der Waals surface area contributed by atoms with Gasteiger partial charge in [-0.2, -0.15) is 0 Å². The molecule has 2 heteroatoms. The molecule has 0 spiro atoms. The van der Waals surface area contributed by atoms with E-state index in [4.69, 9.17) is 5.73 Å². The van der Waals surface area contributed by atoms with Crippen molar-refractivity contribution in [1.82, 2.24) is 4.98 Å². The number of benzene rings is 1. The Morgan fingerprint density at radius 2 is 1.93 bits per heavy atom. The SMILES string of the molecule is CCc1cc2c(C)cc(C)cc2nc1N. The van der Waals surface area contributed by atoms with E-state index >= 15 is 0 Å². The predicted molar refractivity (Wildman–Crippen MR) is 65.0 cm³/mol. The van der Waals surface area contributed by atoms with Gasteiger partial charge in [0.25, 0.3) is 0 Å². The number of nitrogens with zero attached hydrogens (tertiary/aromatic N) is 1. The number of anilines is 1. The summed E-state index contributed by atoms with van der Waals surface area (Å²) >= 11 is 0. The number of nitrogen functional groups attached to an aromatic ring is 1. The van der Waals surface area contributed by atoms with Crippen molar-refractivity contribution in [2.45, 2.75) is 27.2 Å². The lowest BCUT2D eigenvalue weighted by molar-refractivity contribution is 1.13. The Balaban J connectivity index is 2.81. The lowest BCUT2D eigenvalue weighted by Gasteiger charge is -2.08. The molecule has 15 heavy (non-hydrogen) atoms. The van der Waals surface area contributed by atoms with Crippen LogP contribution in [0.2, 0.25) is 0 Å². The van der Waals surface area contributed by atoms with Gasteiger partial charge in [0, 0.05) is 5.39 Å². The van der Waals surface area contributed by atoms with E-state index in [9.17, 15) is 0 Å². The summed E-state index contributed by atoms with van der Waals surface area (Å²) in [5.74, 6) is 0.662. The smallest absolute Gasteiger partial charge is 0.127 e. The Kier molecular flexibility index (Phi) is 2.35. The Morgan fingerprint density at radius 3 is 2.60 bits per heavy atom. The van der Waals surface area contributed by atoms with Crippen molar-refractivity contribution in [2.24, 2.45) is 0 Å². The Morgan fingerprint density at radius 1 is 1.20 bits per heavy atom. The van der Waals surface area contributed by atoms with Crippen molar-refractivity contribution >= 4 is 16.7 Å². The highest BCUT2D eigenvalue weighted by Gasteiger charge is 2.04. The Hall–Kier alpha value is -1.57. The van der Waals surface area contributed by atoms with Crippen LogP contribution in [-0.2, 0) is 6.42 Å². The third kappa shape index (κ3) is 1.67. The maximum absolute atomic E-state index is 5.89. The van der Waals surface area contributed by atoms with Crippen molar-refractivity contribution in [2.75, 3.05) is 5.73 Å². The van der Waals surface area contributed by atoms with Crippen molar-refractivity contribution in [1.29, 1.82) is 0 Å². The molecule has 78 valence electrons. The molecule has 0 saturated heterocycles. The largest absolute Gasteiger partial charge is 0.383 e. The number of hydrogen-bond acceptors (Lipinski definition) is 2. The van der Waals surface area contributed by atoms with E-state index in [0.717, 1.165) is 17.5 Å². The first-order valence-electron chi connectivity index (χ1n) is 5.28. The Bertz CT molecular complexity index is 515. The summed E-state index contributed by atoms with van der Waals surface area (Å²) in [6, 6.07) is 6.42. The van der Waals surface area contributed by atoms with Gasteiger partial charge in [-0.05, 0) is 49.1 Å². The minimum absolute atomic E-state index is 0.662. The maximum atomic E-state index is 5.89. The molecule has 0 aliphatic rings. The molecule has 0 atom stereocenters. The highest BCUT2D eigenvalue weighted by molar-refractivity contribution is 5.85. The summed E-state index contributed by atoms with van der Waals surface area (Å²) in [5, 5.41) is 1.21. The van der Waals surface area contributed by atoms with E-state index in [-0.39, 0.29) is 0 Å². The van der Waals surface area contributed by atoms with Crippen LogP contribution in [0.1, 0.15) is 23.6 Å². The molecule has 0 fully saturated rings. The highest BCUT2D eigenvalue weighted by Crippen LogP contribution is 2.23. The third-order valence-electron chi connectivity index (χ3n) is 2.78. The van der Waals surface area contributed by atoms with Gasteiger partial charge in [-0.1, -0.05) is 13.0 Å². The van der Waals surface area contributed by atoms with Gasteiger partial charge in [0.2, 0.25) is 0 Å². The van der Waals surface area contributed by atoms with E-state index in [1.807, 2.05) is 0 Å². The van der Waals surface area contributed by atoms with Gasteiger partial charge >= 0.3 is 0 Å². The first kappa shape index (κ1) is 9.97. The molecule has 0 radical (unpaired) electrons. The van der Waals surface area contributed by atoms with Crippen LogP contribution in [0.15, 0.2) is 18.2 Å². The number of fused-ring (bicyclic) bond motifs is 1. The fourth-order valence-corrected chi connectivity index (χ4v) is 1.97. The molecule has 2 aromatic rings. The van der Waals surface area contributed by atoms with Crippen molar-refractivity contribution in [3.05, 3.63) is 34.9 Å². The molecular formula is C13H16N2. The molecule has 0 aliphatic carbocycles. The van der Waals surface area contributed by atoms with Crippen LogP contribution in [0.4, 0.5) is 5.82 Å². The van der Waals surface area contributed by atoms with Gasteiger partial charge in [-0.3, -0.25) is 0 Å². The van der Waals surface area contributed by atoms with E-state index in [2.05, 4.69) is 44.0 Å². The van der Waals surface area contributed by atoms with Crippen LogP contribution in [0.3, 0.4) is 0 Å². The molecule has 2 nitrogen and oxygen atoms in total. The van der Waals surface area contributed by atoms with E-state index < -0.39 is 0 Å². The summed E-state index contributed by atoms with van der Waals surface area (Å²) in [6.45, 7) is 6.30. The highest BCUT2D eigenvalue weighted by atomic mass is 14.8. The zero-order valence-electron chi connectivity index (χ0n) is 9.46. The Labute approximate surface area is 90.1 Å². The first-order chi connectivity index (χ1) is 7.11. The van der Waals surface area contributed by atoms with Crippen LogP contribution in [-0.4, -0.2) is 4.98 Å². The van der Waals surface area contributed by atoms with E-state index in [1.165, 1.54) is 16.5 Å². The lowest BCUT2D eigenvalue weighted by atomic mass is 10.0. The minimum Gasteiger partial charge on any atom is -0.383 e. The number of aryl methyl sites for hydroxylation is 3. The van der Waals surface area contributed by atoms with E-state index in [0.29, 0.717) is 5.82 Å². The first-order valence-corrected chi connectivity index (χ1v) is 5.28. The van der Waals surface area contributed by atoms with Gasteiger partial charge in [0.05, 0.1) is 5.52 Å². The second kappa shape index (κ2) is 3.54. The maximum Gasteiger partial charge on any atom is 0.127 e. The number of rotatable bonds is 1. The van der Waals surface area contributed by atoms with Gasteiger partial charge in [0.1, 0.15) is 5.82 Å². The zero-order chi connectivity index (χ0) is 11.0. The number of aromatic nitrogens is 1. The lowest BCUT2D eigenvalue weighted by Crippen LogP contribution is -1.98. The van der Waals surface area contributed by atoms with Gasteiger partial charge in [0.15, 0.2) is 0 Å². The number of pyridine rings is 1. The second-order valence-corrected chi connectivity index (χ2v) is 4.03. The topological polar surface area (TPSA) is 38.9 Å². The van der Waals surface area contributed by atoms with Crippen LogP contribution < -0.4 is 5.73 Å². The predicted octanol–water partition coefficient (Wildman–Crippen LogP) is 3.00. The van der Waals surface area contributed by atoms with Crippen LogP contribution in [0.5, 0.6) is 0 Å². The fraction of sp³-hybridized carbons (Fsp3) is 0.308. The molecule has 0 bridgehead atoms. The molecule has 1 aromatic heterocycles. The average molecular weight is 200 g/mol. The second-order valence-electron chi connectivity index (χ2n) is 4.03. The van der Waals surface area contributed by atoms with Gasteiger partial charge < -0.3 is 5.73 Å².